The van der Waals surface area contributed by atoms with Crippen molar-refractivity contribution in [2.75, 3.05) is 59.4 Å². The van der Waals surface area contributed by atoms with Crippen LogP contribution < -0.4 is 15.7 Å². The van der Waals surface area contributed by atoms with Crippen molar-refractivity contribution in [2.24, 2.45) is 0 Å². The zero-order valence-electron chi connectivity index (χ0n) is 32.1. The van der Waals surface area contributed by atoms with Gasteiger partial charge in [0.05, 0.1) is 32.8 Å². The van der Waals surface area contributed by atoms with Crippen LogP contribution >= 0.6 is 0 Å². The van der Waals surface area contributed by atoms with E-state index in [-0.39, 0.29) is 11.7 Å². The van der Waals surface area contributed by atoms with Crippen LogP contribution in [-0.2, 0) is 29.2 Å². The number of nitriles is 1. The number of nitrogens with zero attached hydrogens (tertiary/aromatic N) is 4. The van der Waals surface area contributed by atoms with Crippen molar-refractivity contribution in [3.8, 4) is 17.2 Å². The van der Waals surface area contributed by atoms with Gasteiger partial charge in [-0.05, 0) is 59.5 Å². The number of unbranched alkanes of at least 4 members (excludes halogenated alkanes) is 1. The average molecular weight is 825 g/mol. The molecule has 18 heteroatoms. The standard InChI is InChI=1S/C36H45FN6O.2C2HF3O2/c1-28-25-42(15-14-39-28)27-30-7-5-9-32(21-30)34-23-29(11-12-35(34)37)24-40-36(44)33-10-6-8-31(22-33)26-41-16-19-43(2,20-17-41)18-4-3-13-38;2*3-2(4,5)1(6)7/h5-12,21-23,28,39H,3-4,14-20,24-27H2,1-2H3;2*(H,6,7)/t28-;;/m0../s1. The minimum Gasteiger partial charge on any atom is -0.542 e. The third-order valence-corrected chi connectivity index (χ3v) is 9.55. The summed E-state index contributed by atoms with van der Waals surface area (Å²) in [4.78, 5) is 35.7. The van der Waals surface area contributed by atoms with E-state index in [0.29, 0.717) is 30.1 Å². The number of benzene rings is 3. The number of nitrogens with one attached hydrogen (secondary N) is 2. The first kappa shape index (κ1) is 47.3. The molecular formula is C40H47F7N6O5. The Morgan fingerprint density at radius 1 is 0.914 bits per heavy atom. The van der Waals surface area contributed by atoms with Crippen LogP contribution in [0.2, 0.25) is 0 Å². The molecule has 0 spiro atoms. The lowest BCUT2D eigenvalue weighted by Crippen LogP contribution is -2.57. The van der Waals surface area contributed by atoms with Crippen molar-refractivity contribution < 1.29 is 59.8 Å². The fourth-order valence-corrected chi connectivity index (χ4v) is 6.42. The SMILES string of the molecule is C[C@H]1CN(Cc2cccc(-c3cc(CNC(=O)c4cccc(CN5CC[N+](C)(CCCC#N)CC5)c4)ccc3F)c2)CCN1.O=C(O)C(F)(F)F.O=C([O-])C(F)(F)F. The maximum Gasteiger partial charge on any atom is 0.490 e. The fraction of sp³-hybridized carbons (Fsp3) is 0.450. The molecule has 0 aromatic heterocycles. The zero-order valence-corrected chi connectivity index (χ0v) is 32.1. The van der Waals surface area contributed by atoms with E-state index in [0.717, 1.165) is 93.0 Å². The maximum atomic E-state index is 15.0. The van der Waals surface area contributed by atoms with Crippen LogP contribution in [-0.4, -0.2) is 115 Å². The molecule has 0 saturated carbocycles. The van der Waals surface area contributed by atoms with Crippen molar-refractivity contribution in [1.82, 2.24) is 20.4 Å². The molecule has 2 aliphatic rings. The molecule has 2 fully saturated rings. The van der Waals surface area contributed by atoms with Gasteiger partial charge in [0.25, 0.3) is 5.91 Å². The summed E-state index contributed by atoms with van der Waals surface area (Å²) in [5, 5.41) is 31.3. The van der Waals surface area contributed by atoms with Gasteiger partial charge in [-0.1, -0.05) is 36.4 Å². The molecule has 2 saturated heterocycles. The smallest absolute Gasteiger partial charge is 0.490 e. The molecule has 316 valence electrons. The van der Waals surface area contributed by atoms with Crippen LogP contribution in [0.3, 0.4) is 0 Å². The molecule has 0 radical (unpaired) electrons. The number of halogens is 7. The predicted molar refractivity (Wildman–Crippen MR) is 198 cm³/mol. The number of likely N-dealkylation sites (N-methyl/N-ethyl adjacent to an activating group) is 1. The summed E-state index contributed by atoms with van der Waals surface area (Å²) in [6.07, 6.45) is -8.70. The van der Waals surface area contributed by atoms with Gasteiger partial charge in [0.2, 0.25) is 0 Å². The van der Waals surface area contributed by atoms with Crippen LogP contribution in [0.1, 0.15) is 46.8 Å². The fourth-order valence-electron chi connectivity index (χ4n) is 6.42. The number of hydrogen-bond donors (Lipinski definition) is 3. The van der Waals surface area contributed by atoms with Gasteiger partial charge < -0.3 is 30.1 Å². The topological polar surface area (TPSA) is 149 Å². The molecule has 1 amide bonds. The number of hydrogen-bond acceptors (Lipinski definition) is 8. The van der Waals surface area contributed by atoms with Crippen molar-refractivity contribution in [2.45, 2.75) is 57.8 Å². The lowest BCUT2D eigenvalue weighted by atomic mass is 10.00. The van der Waals surface area contributed by atoms with Gasteiger partial charge >= 0.3 is 18.3 Å². The van der Waals surface area contributed by atoms with Crippen molar-refractivity contribution in [3.63, 3.8) is 0 Å². The molecule has 1 atom stereocenters. The number of carboxylic acid groups (broad SMARTS) is 2. The van der Waals surface area contributed by atoms with E-state index in [2.05, 4.69) is 58.7 Å². The predicted octanol–water partition coefficient (Wildman–Crippen LogP) is 4.71. The Labute approximate surface area is 332 Å². The number of aliphatic carboxylic acids is 2. The second kappa shape index (κ2) is 21.6. The van der Waals surface area contributed by atoms with Crippen LogP contribution in [0.25, 0.3) is 11.1 Å². The van der Waals surface area contributed by atoms with E-state index >= 15 is 0 Å². The zero-order chi connectivity index (χ0) is 43.1. The molecular weight excluding hydrogens is 777 g/mol. The molecule has 0 bridgehead atoms. The van der Waals surface area contributed by atoms with E-state index < -0.39 is 24.3 Å². The van der Waals surface area contributed by atoms with Gasteiger partial charge in [0.1, 0.15) is 11.8 Å². The van der Waals surface area contributed by atoms with E-state index in [9.17, 15) is 35.5 Å². The van der Waals surface area contributed by atoms with Gasteiger partial charge in [0.15, 0.2) is 0 Å². The highest BCUT2D eigenvalue weighted by molar-refractivity contribution is 5.94. The van der Waals surface area contributed by atoms with Crippen LogP contribution in [0.15, 0.2) is 66.7 Å². The molecule has 0 unspecified atom stereocenters. The summed E-state index contributed by atoms with van der Waals surface area (Å²) in [5.41, 5.74) is 5.18. The minimum atomic E-state index is -5.19. The summed E-state index contributed by atoms with van der Waals surface area (Å²) < 4.78 is 79.3. The molecule has 2 heterocycles. The number of alkyl halides is 6. The third kappa shape index (κ3) is 16.0. The first-order valence-corrected chi connectivity index (χ1v) is 18.4. The monoisotopic (exact) mass is 824 g/mol. The van der Waals surface area contributed by atoms with Crippen LogP contribution in [0, 0.1) is 17.1 Å². The lowest BCUT2D eigenvalue weighted by Gasteiger charge is -2.42. The lowest BCUT2D eigenvalue weighted by molar-refractivity contribution is -0.913. The molecule has 3 aromatic carbocycles. The quantitative estimate of drug-likeness (QED) is 0.142. The number of carbonyl (C=O) groups excluding carboxylic acids is 2. The number of carboxylic acids is 2. The number of quaternary nitrogens is 1. The van der Waals surface area contributed by atoms with Crippen molar-refractivity contribution in [3.05, 3.63) is 94.8 Å². The Kier molecular flexibility index (Phi) is 17.6. The van der Waals surface area contributed by atoms with E-state index in [1.165, 1.54) is 11.6 Å². The Morgan fingerprint density at radius 3 is 2.10 bits per heavy atom. The number of carbonyl (C=O) groups is 3. The Balaban J connectivity index is 0.000000550. The first-order chi connectivity index (χ1) is 27.2. The van der Waals surface area contributed by atoms with E-state index in [1.807, 2.05) is 36.4 Å². The van der Waals surface area contributed by atoms with Crippen LogP contribution in [0.5, 0.6) is 0 Å². The Hall–Kier alpha value is -5.09. The third-order valence-electron chi connectivity index (χ3n) is 9.55. The van der Waals surface area contributed by atoms with Gasteiger partial charge in [-0.25, -0.2) is 9.18 Å². The molecule has 11 nitrogen and oxygen atoms in total. The maximum absolute atomic E-state index is 15.0. The minimum absolute atomic E-state index is 0.134. The van der Waals surface area contributed by atoms with E-state index in [4.69, 9.17) is 25.1 Å². The van der Waals surface area contributed by atoms with E-state index in [1.54, 1.807) is 6.07 Å². The molecule has 3 N–H and O–H groups in total. The molecule has 58 heavy (non-hydrogen) atoms. The first-order valence-electron chi connectivity index (χ1n) is 18.4. The highest BCUT2D eigenvalue weighted by atomic mass is 19.4. The van der Waals surface area contributed by atoms with Crippen LogP contribution in [0.4, 0.5) is 30.7 Å². The highest BCUT2D eigenvalue weighted by Crippen LogP contribution is 2.26. The molecule has 5 rings (SSSR count). The summed E-state index contributed by atoms with van der Waals surface area (Å²) in [6.45, 7) is 12.4. The summed E-state index contributed by atoms with van der Waals surface area (Å²) >= 11 is 0. The molecule has 3 aromatic rings. The van der Waals surface area contributed by atoms with Crippen molar-refractivity contribution >= 4 is 17.8 Å². The normalized spacial score (nSPS) is 17.1. The average Bonchev–Trinajstić information content (AvgIpc) is 3.15. The molecule has 0 aliphatic carbocycles. The highest BCUT2D eigenvalue weighted by Gasteiger charge is 2.38. The summed E-state index contributed by atoms with van der Waals surface area (Å²) in [6, 6.07) is 23.8. The summed E-state index contributed by atoms with van der Waals surface area (Å²) in [7, 11) is 2.29. The Bertz CT molecular complexity index is 1850. The Morgan fingerprint density at radius 2 is 1.52 bits per heavy atom. The largest absolute Gasteiger partial charge is 0.542 e. The van der Waals surface area contributed by atoms with Gasteiger partial charge in [-0.15, -0.1) is 0 Å². The number of piperazine rings is 2. The summed E-state index contributed by atoms with van der Waals surface area (Å²) in [5.74, 6) is -6.16. The van der Waals surface area contributed by atoms with Gasteiger partial charge in [-0.3, -0.25) is 14.6 Å². The van der Waals surface area contributed by atoms with Gasteiger partial charge in [0, 0.05) is 82.4 Å². The molecule has 2 aliphatic heterocycles. The second-order valence-corrected chi connectivity index (χ2v) is 14.4. The van der Waals surface area contributed by atoms with Crippen molar-refractivity contribution in [1.29, 1.82) is 5.26 Å². The number of rotatable bonds is 11. The van der Waals surface area contributed by atoms with Gasteiger partial charge in [-0.2, -0.15) is 31.6 Å². The second-order valence-electron chi connectivity index (χ2n) is 14.4. The number of amides is 1.